The van der Waals surface area contributed by atoms with Crippen LogP contribution in [-0.2, 0) is 6.54 Å². The van der Waals surface area contributed by atoms with Gasteiger partial charge in [-0.25, -0.2) is 4.79 Å². The molecule has 0 aliphatic rings. The molecule has 0 aromatic heterocycles. The van der Waals surface area contributed by atoms with Crippen LogP contribution in [0.25, 0.3) is 0 Å². The molecule has 20 heavy (non-hydrogen) atoms. The van der Waals surface area contributed by atoms with Gasteiger partial charge in [0.25, 0.3) is 0 Å². The van der Waals surface area contributed by atoms with Gasteiger partial charge in [-0.15, -0.1) is 9.92 Å². The molecular formula is C15H15N3O2. The minimum absolute atomic E-state index is 0.345. The highest BCUT2D eigenvalue weighted by molar-refractivity contribution is 5.91. The molecule has 2 rings (SSSR count). The van der Waals surface area contributed by atoms with Gasteiger partial charge in [-0.05, 0) is 24.6 Å². The minimum Gasteiger partial charge on any atom is -0.332 e. The van der Waals surface area contributed by atoms with Crippen LogP contribution in [0.1, 0.15) is 11.1 Å². The molecule has 0 radical (unpaired) electrons. The van der Waals surface area contributed by atoms with E-state index >= 15 is 0 Å². The van der Waals surface area contributed by atoms with Crippen molar-refractivity contribution < 1.29 is 4.79 Å². The zero-order valence-corrected chi connectivity index (χ0v) is 11.1. The lowest BCUT2D eigenvalue weighted by Gasteiger charge is -2.14. The zero-order valence-electron chi connectivity index (χ0n) is 11.1. The van der Waals surface area contributed by atoms with Crippen molar-refractivity contribution in [2.75, 3.05) is 5.01 Å². The van der Waals surface area contributed by atoms with Crippen molar-refractivity contribution in [1.82, 2.24) is 5.32 Å². The fourth-order valence-corrected chi connectivity index (χ4v) is 1.74. The van der Waals surface area contributed by atoms with Gasteiger partial charge in [0, 0.05) is 6.54 Å². The normalized spacial score (nSPS) is 9.85. The van der Waals surface area contributed by atoms with Crippen LogP contribution < -0.4 is 10.3 Å². The fourth-order valence-electron chi connectivity index (χ4n) is 1.74. The zero-order chi connectivity index (χ0) is 14.4. The Bertz CT molecular complexity index is 582. The lowest BCUT2D eigenvalue weighted by molar-refractivity contribution is 0.246. The second-order valence-electron chi connectivity index (χ2n) is 4.37. The van der Waals surface area contributed by atoms with Crippen molar-refractivity contribution in [2.45, 2.75) is 13.5 Å². The number of urea groups is 1. The Kier molecular flexibility index (Phi) is 4.44. The highest BCUT2D eigenvalue weighted by Crippen LogP contribution is 2.15. The molecule has 5 heteroatoms. The highest BCUT2D eigenvalue weighted by Gasteiger charge is 2.15. The van der Waals surface area contributed by atoms with Gasteiger partial charge in [0.15, 0.2) is 0 Å². The Hall–Kier alpha value is -2.69. The summed E-state index contributed by atoms with van der Waals surface area (Å²) >= 11 is 0. The second kappa shape index (κ2) is 6.47. The maximum Gasteiger partial charge on any atom is 0.345 e. The number of nitrogens with one attached hydrogen (secondary N) is 1. The van der Waals surface area contributed by atoms with Gasteiger partial charge in [-0.2, -0.15) is 0 Å². The van der Waals surface area contributed by atoms with Crippen molar-refractivity contribution >= 4 is 11.7 Å². The molecule has 0 fully saturated rings. The Morgan fingerprint density at radius 1 is 1.10 bits per heavy atom. The fraction of sp³-hybridized carbons (Fsp3) is 0.133. The number of hydrogen-bond donors (Lipinski definition) is 1. The largest absolute Gasteiger partial charge is 0.345 e. The number of nitroso groups, excluding NO2 is 1. The number of carbonyl (C=O) groups excluding carboxylic acids is 1. The number of rotatable bonds is 4. The maximum absolute atomic E-state index is 12.0. The summed E-state index contributed by atoms with van der Waals surface area (Å²) in [5, 5.41) is 6.24. The first kappa shape index (κ1) is 13.7. The van der Waals surface area contributed by atoms with Gasteiger partial charge in [0.1, 0.15) is 0 Å². The van der Waals surface area contributed by atoms with E-state index in [2.05, 4.69) is 10.6 Å². The molecule has 2 aromatic rings. The van der Waals surface area contributed by atoms with Crippen LogP contribution in [0.15, 0.2) is 59.9 Å². The van der Waals surface area contributed by atoms with Crippen LogP contribution in [0.3, 0.4) is 0 Å². The number of carbonyl (C=O) groups is 1. The summed E-state index contributed by atoms with van der Waals surface area (Å²) in [5.74, 6) is 0. The van der Waals surface area contributed by atoms with Crippen LogP contribution in [0.2, 0.25) is 0 Å². The molecule has 102 valence electrons. The molecule has 0 saturated carbocycles. The molecule has 0 spiro atoms. The smallest absolute Gasteiger partial charge is 0.332 e. The van der Waals surface area contributed by atoms with E-state index in [0.717, 1.165) is 16.1 Å². The maximum atomic E-state index is 12.0. The Balaban J connectivity index is 2.02. The Morgan fingerprint density at radius 3 is 2.35 bits per heavy atom. The summed E-state index contributed by atoms with van der Waals surface area (Å²) in [4.78, 5) is 22.8. The predicted molar refractivity (Wildman–Crippen MR) is 78.1 cm³/mol. The minimum atomic E-state index is -0.548. The molecule has 0 unspecified atom stereocenters. The van der Waals surface area contributed by atoms with Gasteiger partial charge in [-0.1, -0.05) is 48.0 Å². The van der Waals surface area contributed by atoms with Gasteiger partial charge in [-0.3, -0.25) is 0 Å². The Labute approximate surface area is 117 Å². The molecule has 0 aliphatic carbocycles. The van der Waals surface area contributed by atoms with Crippen molar-refractivity contribution in [1.29, 1.82) is 0 Å². The molecule has 0 aliphatic heterocycles. The summed E-state index contributed by atoms with van der Waals surface area (Å²) < 4.78 is 0. The third-order valence-electron chi connectivity index (χ3n) is 2.84. The van der Waals surface area contributed by atoms with Crippen molar-refractivity contribution in [2.24, 2.45) is 5.29 Å². The molecule has 0 heterocycles. The van der Waals surface area contributed by atoms with E-state index in [1.165, 1.54) is 0 Å². The summed E-state index contributed by atoms with van der Waals surface area (Å²) in [6, 6.07) is 15.9. The molecule has 0 atom stereocenters. The number of amides is 2. The van der Waals surface area contributed by atoms with Crippen LogP contribution in [-0.4, -0.2) is 6.03 Å². The van der Waals surface area contributed by atoms with E-state index in [1.54, 1.807) is 12.1 Å². The molecule has 2 aromatic carbocycles. The molecule has 2 amide bonds. The monoisotopic (exact) mass is 269 g/mol. The van der Waals surface area contributed by atoms with Crippen molar-refractivity contribution in [3.63, 3.8) is 0 Å². The van der Waals surface area contributed by atoms with E-state index < -0.39 is 6.03 Å². The van der Waals surface area contributed by atoms with E-state index in [1.807, 2.05) is 49.4 Å². The van der Waals surface area contributed by atoms with Crippen LogP contribution >= 0.6 is 0 Å². The topological polar surface area (TPSA) is 61.8 Å². The SMILES string of the molecule is Cc1ccc(N(N=O)C(=O)NCc2ccccc2)cc1. The first-order valence-electron chi connectivity index (χ1n) is 6.22. The standard InChI is InChI=1S/C15H15N3O2/c1-12-7-9-14(10-8-12)18(17-20)15(19)16-11-13-5-3-2-4-6-13/h2-10H,11H2,1H3,(H,16,19). The summed E-state index contributed by atoms with van der Waals surface area (Å²) in [7, 11) is 0. The quantitative estimate of drug-likeness (QED) is 0.683. The predicted octanol–water partition coefficient (Wildman–Crippen LogP) is 3.39. The number of aryl methyl sites for hydroxylation is 1. The van der Waals surface area contributed by atoms with Crippen LogP contribution in [0.5, 0.6) is 0 Å². The van der Waals surface area contributed by atoms with E-state index in [-0.39, 0.29) is 0 Å². The van der Waals surface area contributed by atoms with Gasteiger partial charge in [0.05, 0.1) is 11.0 Å². The highest BCUT2D eigenvalue weighted by atomic mass is 16.3. The lowest BCUT2D eigenvalue weighted by atomic mass is 10.2. The van der Waals surface area contributed by atoms with Crippen LogP contribution in [0, 0.1) is 11.8 Å². The molecular weight excluding hydrogens is 254 g/mol. The van der Waals surface area contributed by atoms with Gasteiger partial charge in [0.2, 0.25) is 0 Å². The second-order valence-corrected chi connectivity index (χ2v) is 4.37. The molecule has 5 nitrogen and oxygen atoms in total. The number of benzene rings is 2. The van der Waals surface area contributed by atoms with E-state index in [9.17, 15) is 9.70 Å². The van der Waals surface area contributed by atoms with Gasteiger partial charge >= 0.3 is 6.03 Å². The average Bonchev–Trinajstić information content (AvgIpc) is 2.49. The molecule has 0 saturated heterocycles. The lowest BCUT2D eigenvalue weighted by Crippen LogP contribution is -2.35. The van der Waals surface area contributed by atoms with E-state index in [4.69, 9.17) is 0 Å². The summed E-state index contributed by atoms with van der Waals surface area (Å²) in [6.07, 6.45) is 0. The third-order valence-corrected chi connectivity index (χ3v) is 2.84. The van der Waals surface area contributed by atoms with Gasteiger partial charge < -0.3 is 5.32 Å². The van der Waals surface area contributed by atoms with Crippen LogP contribution in [0.4, 0.5) is 10.5 Å². The molecule has 0 bridgehead atoms. The van der Waals surface area contributed by atoms with Crippen molar-refractivity contribution in [3.8, 4) is 0 Å². The summed E-state index contributed by atoms with van der Waals surface area (Å²) in [5.41, 5.74) is 2.44. The summed E-state index contributed by atoms with van der Waals surface area (Å²) in [6.45, 7) is 2.27. The first-order valence-corrected chi connectivity index (χ1v) is 6.22. The number of anilines is 1. The number of nitrogens with zero attached hydrogens (tertiary/aromatic N) is 2. The average molecular weight is 269 g/mol. The van der Waals surface area contributed by atoms with Crippen molar-refractivity contribution in [3.05, 3.63) is 70.6 Å². The Morgan fingerprint density at radius 2 is 1.75 bits per heavy atom. The third kappa shape index (κ3) is 3.41. The molecule has 1 N–H and O–H groups in total. The number of hydrogen-bond acceptors (Lipinski definition) is 3. The van der Waals surface area contributed by atoms with E-state index in [0.29, 0.717) is 12.2 Å². The first-order chi connectivity index (χ1) is 9.70.